The maximum absolute atomic E-state index is 11.9. The molecule has 2 aromatic rings. The van der Waals surface area contributed by atoms with Crippen molar-refractivity contribution in [1.29, 1.82) is 0 Å². The molecule has 1 heterocycles. The number of carbonyl (C=O) groups excluding carboxylic acids is 1. The Morgan fingerprint density at radius 3 is 2.43 bits per heavy atom. The van der Waals surface area contributed by atoms with E-state index in [4.69, 9.17) is 16.0 Å². The van der Waals surface area contributed by atoms with Crippen molar-refractivity contribution in [2.45, 2.75) is 12.5 Å². The molecule has 21 heavy (non-hydrogen) atoms. The zero-order chi connectivity index (χ0) is 15.4. The first-order chi connectivity index (χ1) is 9.97. The first kappa shape index (κ1) is 14.9. The van der Waals surface area contributed by atoms with Crippen LogP contribution in [0.15, 0.2) is 41.0 Å². The monoisotopic (exact) mass is 309 g/mol. The summed E-state index contributed by atoms with van der Waals surface area (Å²) in [5.74, 6) is -1.71. The number of carboxylic acid groups (broad SMARTS) is 1. The zero-order valence-corrected chi connectivity index (χ0v) is 11.5. The molecule has 0 aliphatic carbocycles. The number of benzene rings is 1. The number of aromatic hydroxyl groups is 1. The average molecular weight is 310 g/mol. The van der Waals surface area contributed by atoms with Crippen molar-refractivity contribution in [1.82, 2.24) is 5.32 Å². The molecule has 1 aromatic heterocycles. The highest BCUT2D eigenvalue weighted by Crippen LogP contribution is 2.17. The minimum absolute atomic E-state index is 0.0774. The van der Waals surface area contributed by atoms with Crippen LogP contribution in [0.25, 0.3) is 0 Å². The fourth-order valence-electron chi connectivity index (χ4n) is 1.76. The van der Waals surface area contributed by atoms with Gasteiger partial charge in [-0.2, -0.15) is 0 Å². The number of nitrogens with one attached hydrogen (secondary N) is 1. The summed E-state index contributed by atoms with van der Waals surface area (Å²) in [6.45, 7) is 0. The summed E-state index contributed by atoms with van der Waals surface area (Å²) in [6.07, 6.45) is 1.32. The highest BCUT2D eigenvalue weighted by atomic mass is 35.5. The van der Waals surface area contributed by atoms with Gasteiger partial charge in [-0.15, -0.1) is 0 Å². The van der Waals surface area contributed by atoms with E-state index in [9.17, 15) is 19.8 Å². The molecule has 0 aliphatic heterocycles. The highest BCUT2D eigenvalue weighted by molar-refractivity contribution is 6.32. The van der Waals surface area contributed by atoms with Crippen LogP contribution in [0.2, 0.25) is 5.22 Å². The molecule has 7 heteroatoms. The number of carbonyl (C=O) groups is 2. The Balaban J connectivity index is 2.09. The minimum Gasteiger partial charge on any atom is -0.508 e. The van der Waals surface area contributed by atoms with Crippen LogP contribution in [-0.2, 0) is 11.2 Å². The molecule has 1 atom stereocenters. The highest BCUT2D eigenvalue weighted by Gasteiger charge is 2.23. The summed E-state index contributed by atoms with van der Waals surface area (Å²) >= 11 is 5.67. The molecule has 0 bridgehead atoms. The number of carboxylic acids is 1. The van der Waals surface area contributed by atoms with Gasteiger partial charge in [0.15, 0.2) is 0 Å². The average Bonchev–Trinajstić information content (AvgIpc) is 2.86. The van der Waals surface area contributed by atoms with Crippen LogP contribution in [0.3, 0.4) is 0 Å². The lowest BCUT2D eigenvalue weighted by Crippen LogP contribution is -2.42. The van der Waals surface area contributed by atoms with Gasteiger partial charge in [0.25, 0.3) is 5.91 Å². The van der Waals surface area contributed by atoms with Crippen LogP contribution in [0.1, 0.15) is 15.9 Å². The topological polar surface area (TPSA) is 99.8 Å². The predicted octanol–water partition coefficient (Wildman–Crippen LogP) is 2.06. The number of phenolic OH excluding ortho intramolecular Hbond substituents is 1. The molecule has 0 aliphatic rings. The Hall–Kier alpha value is -2.47. The fourth-order valence-corrected chi connectivity index (χ4v) is 1.96. The Kier molecular flexibility index (Phi) is 4.49. The van der Waals surface area contributed by atoms with Crippen LogP contribution >= 0.6 is 11.6 Å². The number of amides is 1. The van der Waals surface area contributed by atoms with Crippen LogP contribution < -0.4 is 5.32 Å². The van der Waals surface area contributed by atoms with Gasteiger partial charge in [0.2, 0.25) is 5.22 Å². The van der Waals surface area contributed by atoms with Crippen molar-refractivity contribution in [3.05, 3.63) is 52.9 Å². The number of halogens is 1. The molecule has 1 amide bonds. The maximum Gasteiger partial charge on any atom is 0.326 e. The van der Waals surface area contributed by atoms with Gasteiger partial charge in [0, 0.05) is 6.42 Å². The summed E-state index contributed by atoms with van der Waals surface area (Å²) in [5.41, 5.74) is 0.743. The molecule has 0 saturated heterocycles. The second-order valence-electron chi connectivity index (χ2n) is 4.34. The van der Waals surface area contributed by atoms with E-state index >= 15 is 0 Å². The molecule has 6 nitrogen and oxygen atoms in total. The van der Waals surface area contributed by atoms with Gasteiger partial charge in [-0.1, -0.05) is 12.1 Å². The van der Waals surface area contributed by atoms with Gasteiger partial charge in [0.05, 0.1) is 11.8 Å². The molecular formula is C14H12ClNO5. The van der Waals surface area contributed by atoms with Gasteiger partial charge in [-0.05, 0) is 35.4 Å². The summed E-state index contributed by atoms with van der Waals surface area (Å²) in [4.78, 5) is 23.2. The van der Waals surface area contributed by atoms with E-state index in [0.717, 1.165) is 0 Å². The number of furan rings is 1. The van der Waals surface area contributed by atoms with E-state index in [1.165, 1.54) is 24.5 Å². The Morgan fingerprint density at radius 2 is 1.90 bits per heavy atom. The summed E-state index contributed by atoms with van der Waals surface area (Å²) < 4.78 is 4.79. The quantitative estimate of drug-likeness (QED) is 0.785. The lowest BCUT2D eigenvalue weighted by Gasteiger charge is -2.14. The van der Waals surface area contributed by atoms with Crippen LogP contribution in [0, 0.1) is 0 Å². The molecule has 0 fully saturated rings. The van der Waals surface area contributed by atoms with Crippen molar-refractivity contribution < 1.29 is 24.2 Å². The standard InChI is InChI=1S/C14H12ClNO5/c15-12-10(5-6-21-12)13(18)16-11(14(19)20)7-8-1-3-9(17)4-2-8/h1-6,11,17H,7H2,(H,16,18)(H,19,20)/t11-/m1/s1. The van der Waals surface area contributed by atoms with Crippen LogP contribution in [0.4, 0.5) is 0 Å². The van der Waals surface area contributed by atoms with E-state index < -0.39 is 17.9 Å². The van der Waals surface area contributed by atoms with Crippen molar-refractivity contribution in [2.75, 3.05) is 0 Å². The third-order valence-electron chi connectivity index (χ3n) is 2.84. The van der Waals surface area contributed by atoms with E-state index in [1.54, 1.807) is 12.1 Å². The van der Waals surface area contributed by atoms with Crippen molar-refractivity contribution in [3.63, 3.8) is 0 Å². The second-order valence-corrected chi connectivity index (χ2v) is 4.69. The number of hydrogen-bond acceptors (Lipinski definition) is 4. The number of hydrogen-bond donors (Lipinski definition) is 3. The fraction of sp³-hybridized carbons (Fsp3) is 0.143. The third kappa shape index (κ3) is 3.76. The number of aliphatic carboxylic acids is 1. The molecule has 0 spiro atoms. The molecule has 1 aromatic carbocycles. The lowest BCUT2D eigenvalue weighted by atomic mass is 10.1. The summed E-state index contributed by atoms with van der Waals surface area (Å²) in [7, 11) is 0. The van der Waals surface area contributed by atoms with E-state index in [2.05, 4.69) is 5.32 Å². The Labute approximate surface area is 125 Å². The Bertz CT molecular complexity index is 650. The molecular weight excluding hydrogens is 298 g/mol. The van der Waals surface area contributed by atoms with E-state index in [0.29, 0.717) is 5.56 Å². The number of phenols is 1. The molecule has 0 radical (unpaired) electrons. The second kappa shape index (κ2) is 6.32. The lowest BCUT2D eigenvalue weighted by molar-refractivity contribution is -0.139. The number of rotatable bonds is 5. The van der Waals surface area contributed by atoms with Crippen molar-refractivity contribution in [2.24, 2.45) is 0 Å². The summed E-state index contributed by atoms with van der Waals surface area (Å²) in [5, 5.41) is 20.7. The van der Waals surface area contributed by atoms with Gasteiger partial charge in [0.1, 0.15) is 11.8 Å². The molecule has 0 saturated carbocycles. The molecule has 110 valence electrons. The first-order valence-electron chi connectivity index (χ1n) is 6.02. The van der Waals surface area contributed by atoms with Crippen LogP contribution in [0.5, 0.6) is 5.75 Å². The van der Waals surface area contributed by atoms with Gasteiger partial charge >= 0.3 is 5.97 Å². The van der Waals surface area contributed by atoms with Gasteiger partial charge < -0.3 is 19.9 Å². The smallest absolute Gasteiger partial charge is 0.326 e. The van der Waals surface area contributed by atoms with E-state index in [1.807, 2.05) is 0 Å². The Morgan fingerprint density at radius 1 is 1.24 bits per heavy atom. The molecule has 3 N–H and O–H groups in total. The van der Waals surface area contributed by atoms with Gasteiger partial charge in [-0.25, -0.2) is 4.79 Å². The molecule has 0 unspecified atom stereocenters. The first-order valence-corrected chi connectivity index (χ1v) is 6.39. The SMILES string of the molecule is O=C(N[C@H](Cc1ccc(O)cc1)C(=O)O)c1ccoc1Cl. The normalized spacial score (nSPS) is 11.9. The zero-order valence-electron chi connectivity index (χ0n) is 10.7. The van der Waals surface area contributed by atoms with Crippen LogP contribution in [-0.4, -0.2) is 28.1 Å². The van der Waals surface area contributed by atoms with Crippen molar-refractivity contribution in [3.8, 4) is 5.75 Å². The third-order valence-corrected chi connectivity index (χ3v) is 3.13. The minimum atomic E-state index is -1.17. The largest absolute Gasteiger partial charge is 0.508 e. The van der Waals surface area contributed by atoms with E-state index in [-0.39, 0.29) is 23.0 Å². The molecule has 2 rings (SSSR count). The van der Waals surface area contributed by atoms with Crippen molar-refractivity contribution >= 4 is 23.5 Å². The summed E-state index contributed by atoms with van der Waals surface area (Å²) in [6, 6.07) is 6.31. The predicted molar refractivity (Wildman–Crippen MR) is 74.4 cm³/mol. The van der Waals surface area contributed by atoms with Gasteiger partial charge in [-0.3, -0.25) is 4.79 Å². The maximum atomic E-state index is 11.9.